The molecule has 0 bridgehead atoms. The monoisotopic (exact) mass is 293 g/mol. The molecule has 0 saturated carbocycles. The van der Waals surface area contributed by atoms with E-state index in [1.54, 1.807) is 0 Å². The number of hydrogen-bond donors (Lipinski definition) is 1. The minimum absolute atomic E-state index is 0.217. The molecule has 0 aromatic rings. The van der Waals surface area contributed by atoms with E-state index in [0.717, 1.165) is 64.2 Å². The quantitative estimate of drug-likeness (QED) is 0.632. The zero-order chi connectivity index (χ0) is 14.0. The molecule has 0 spiro atoms. The van der Waals surface area contributed by atoms with Gasteiger partial charge in [0.15, 0.2) is 0 Å². The van der Waals surface area contributed by atoms with Gasteiger partial charge >= 0.3 is 0 Å². The summed E-state index contributed by atoms with van der Waals surface area (Å²) in [5.41, 5.74) is 6.06. The molecule has 0 fully saturated rings. The van der Waals surface area contributed by atoms with Crippen LogP contribution < -0.4 is 5.50 Å². The van der Waals surface area contributed by atoms with Crippen LogP contribution in [0.4, 0.5) is 0 Å². The van der Waals surface area contributed by atoms with Gasteiger partial charge in [-0.25, -0.2) is 0 Å². The molecule has 2 unspecified atom stereocenters. The molecular weight excluding hydrogens is 269 g/mol. The molecule has 20 heavy (non-hydrogen) atoms. The fraction of sp³-hybridized carbons (Fsp3) is 0.750. The van der Waals surface area contributed by atoms with Crippen LogP contribution in [-0.4, -0.2) is 12.2 Å². The van der Waals surface area contributed by atoms with Gasteiger partial charge in [-0.2, -0.15) is 0 Å². The standard InChI is InChI=1S/C16H24NO2P/c17-20(18-15-11-7-3-1-4-8-12-15)19-16-13-9-5-2-6-10-14-16/h15-16H,3,5,7-14,17H2. The highest BCUT2D eigenvalue weighted by Crippen LogP contribution is 2.37. The topological polar surface area (TPSA) is 44.5 Å². The van der Waals surface area contributed by atoms with E-state index in [4.69, 9.17) is 14.6 Å². The zero-order valence-corrected chi connectivity index (χ0v) is 13.0. The molecule has 2 N–H and O–H groups in total. The second-order valence-corrected chi connectivity index (χ2v) is 6.30. The molecule has 2 aliphatic carbocycles. The van der Waals surface area contributed by atoms with E-state index in [1.165, 1.54) is 0 Å². The summed E-state index contributed by atoms with van der Waals surface area (Å²) in [6.45, 7) is 0. The van der Waals surface area contributed by atoms with Crippen LogP contribution in [0, 0.1) is 23.7 Å². The van der Waals surface area contributed by atoms with Gasteiger partial charge in [-0.05, 0) is 38.5 Å². The molecule has 4 heteroatoms. The Labute approximate surface area is 123 Å². The van der Waals surface area contributed by atoms with Gasteiger partial charge < -0.3 is 9.05 Å². The molecule has 0 saturated heterocycles. The number of rotatable bonds is 4. The SMILES string of the molecule is NP(OC1CCC#CCCC1)OC1CCC#CCCC1. The first kappa shape index (κ1) is 15.8. The van der Waals surface area contributed by atoms with Crippen LogP contribution in [0.1, 0.15) is 64.2 Å². The van der Waals surface area contributed by atoms with Gasteiger partial charge in [-0.3, -0.25) is 5.50 Å². The van der Waals surface area contributed by atoms with E-state index < -0.39 is 8.53 Å². The summed E-state index contributed by atoms with van der Waals surface area (Å²) >= 11 is 0. The maximum Gasteiger partial charge on any atom is 0.253 e. The van der Waals surface area contributed by atoms with Crippen LogP contribution in [0.2, 0.25) is 0 Å². The van der Waals surface area contributed by atoms with Gasteiger partial charge in [0.2, 0.25) is 0 Å². The van der Waals surface area contributed by atoms with Crippen LogP contribution >= 0.6 is 8.53 Å². The Morgan fingerprint density at radius 1 is 0.700 bits per heavy atom. The first-order valence-electron chi connectivity index (χ1n) is 7.64. The predicted molar refractivity (Wildman–Crippen MR) is 82.6 cm³/mol. The first-order valence-corrected chi connectivity index (χ1v) is 8.89. The molecule has 0 aromatic carbocycles. The van der Waals surface area contributed by atoms with Crippen LogP contribution in [0.15, 0.2) is 0 Å². The molecule has 0 radical (unpaired) electrons. The van der Waals surface area contributed by atoms with Gasteiger partial charge in [0, 0.05) is 25.7 Å². The third-order valence-corrected chi connectivity index (χ3v) is 4.61. The highest BCUT2D eigenvalue weighted by atomic mass is 31.2. The fourth-order valence-electron chi connectivity index (χ4n) is 2.47. The Kier molecular flexibility index (Phi) is 7.42. The molecule has 3 nitrogen and oxygen atoms in total. The van der Waals surface area contributed by atoms with Gasteiger partial charge in [-0.15, -0.1) is 23.7 Å². The molecule has 0 heterocycles. The summed E-state index contributed by atoms with van der Waals surface area (Å²) in [6, 6.07) is 0. The second kappa shape index (κ2) is 9.38. The summed E-state index contributed by atoms with van der Waals surface area (Å²) in [7, 11) is -1.26. The average molecular weight is 293 g/mol. The van der Waals surface area contributed by atoms with Gasteiger partial charge in [-0.1, -0.05) is 0 Å². The lowest BCUT2D eigenvalue weighted by atomic mass is 10.1. The number of nitrogens with two attached hydrogens (primary N) is 1. The fourth-order valence-corrected chi connectivity index (χ4v) is 3.53. The normalized spacial score (nSPS) is 28.4. The molecule has 110 valence electrons. The maximum atomic E-state index is 6.06. The molecule has 2 rings (SSSR count). The van der Waals surface area contributed by atoms with Crippen molar-refractivity contribution in [1.82, 2.24) is 0 Å². The van der Waals surface area contributed by atoms with Crippen LogP contribution in [0.3, 0.4) is 0 Å². The average Bonchev–Trinajstić information content (AvgIpc) is 2.35. The Balaban J connectivity index is 1.72. The zero-order valence-electron chi connectivity index (χ0n) is 12.1. The van der Waals surface area contributed by atoms with Gasteiger partial charge in [0.05, 0.1) is 12.2 Å². The predicted octanol–water partition coefficient (Wildman–Crippen LogP) is 3.88. The van der Waals surface area contributed by atoms with Crippen molar-refractivity contribution in [2.75, 3.05) is 0 Å². The van der Waals surface area contributed by atoms with Crippen LogP contribution in [-0.2, 0) is 9.05 Å². The summed E-state index contributed by atoms with van der Waals surface area (Å²) < 4.78 is 11.8. The molecule has 2 atom stereocenters. The summed E-state index contributed by atoms with van der Waals surface area (Å²) in [4.78, 5) is 0. The van der Waals surface area contributed by atoms with E-state index in [0.29, 0.717) is 0 Å². The first-order chi connectivity index (χ1) is 9.84. The van der Waals surface area contributed by atoms with E-state index in [9.17, 15) is 0 Å². The van der Waals surface area contributed by atoms with Crippen molar-refractivity contribution < 1.29 is 9.05 Å². The highest BCUT2D eigenvalue weighted by Gasteiger charge is 2.19. The Morgan fingerprint density at radius 3 is 1.65 bits per heavy atom. The summed E-state index contributed by atoms with van der Waals surface area (Å²) in [5.74, 6) is 12.7. The summed E-state index contributed by atoms with van der Waals surface area (Å²) in [5, 5.41) is 0. The van der Waals surface area contributed by atoms with E-state index >= 15 is 0 Å². The third kappa shape index (κ3) is 6.25. The van der Waals surface area contributed by atoms with Crippen LogP contribution in [0.25, 0.3) is 0 Å². The van der Waals surface area contributed by atoms with Crippen molar-refractivity contribution in [3.63, 3.8) is 0 Å². The smallest absolute Gasteiger partial charge is 0.253 e. The highest BCUT2D eigenvalue weighted by molar-refractivity contribution is 7.44. The summed E-state index contributed by atoms with van der Waals surface area (Å²) in [6.07, 6.45) is 10.4. The van der Waals surface area contributed by atoms with Crippen molar-refractivity contribution in [1.29, 1.82) is 0 Å². The lowest BCUT2D eigenvalue weighted by molar-refractivity contribution is 0.123. The largest absolute Gasteiger partial charge is 0.319 e. The van der Waals surface area contributed by atoms with Crippen molar-refractivity contribution in [2.24, 2.45) is 5.50 Å². The molecule has 0 amide bonds. The Bertz CT molecular complexity index is 366. The van der Waals surface area contributed by atoms with Crippen molar-refractivity contribution in [2.45, 2.75) is 76.4 Å². The van der Waals surface area contributed by atoms with Crippen LogP contribution in [0.5, 0.6) is 0 Å². The van der Waals surface area contributed by atoms with Gasteiger partial charge in [0.25, 0.3) is 8.53 Å². The molecule has 0 aliphatic heterocycles. The van der Waals surface area contributed by atoms with Crippen molar-refractivity contribution >= 4 is 8.53 Å². The Hall–Kier alpha value is -0.570. The molecule has 0 aromatic heterocycles. The lowest BCUT2D eigenvalue weighted by Gasteiger charge is -2.25. The van der Waals surface area contributed by atoms with E-state index in [2.05, 4.69) is 23.7 Å². The van der Waals surface area contributed by atoms with Gasteiger partial charge in [0.1, 0.15) is 0 Å². The maximum absolute atomic E-state index is 6.06. The number of hydrogen-bond acceptors (Lipinski definition) is 3. The Morgan fingerprint density at radius 2 is 1.15 bits per heavy atom. The van der Waals surface area contributed by atoms with E-state index in [1.807, 2.05) is 0 Å². The minimum Gasteiger partial charge on any atom is -0.319 e. The second-order valence-electron chi connectivity index (χ2n) is 5.31. The van der Waals surface area contributed by atoms with E-state index in [-0.39, 0.29) is 12.2 Å². The minimum atomic E-state index is -1.26. The van der Waals surface area contributed by atoms with Crippen molar-refractivity contribution in [3.8, 4) is 23.7 Å². The molecular formula is C16H24NO2P. The third-order valence-electron chi connectivity index (χ3n) is 3.59. The lowest BCUT2D eigenvalue weighted by Crippen LogP contribution is -2.18. The van der Waals surface area contributed by atoms with Crippen molar-refractivity contribution in [3.05, 3.63) is 0 Å². The molecule has 2 aliphatic rings.